The second-order valence-electron chi connectivity index (χ2n) is 10.4. The van der Waals surface area contributed by atoms with Gasteiger partial charge in [0.15, 0.2) is 0 Å². The van der Waals surface area contributed by atoms with Crippen LogP contribution in [0.1, 0.15) is 21.9 Å². The van der Waals surface area contributed by atoms with Gasteiger partial charge in [-0.1, -0.05) is 151 Å². The van der Waals surface area contributed by atoms with Gasteiger partial charge in [0, 0.05) is 16.3 Å². The maximum Gasteiger partial charge on any atom is 0.143 e. The fraction of sp³-hybridized carbons (Fsp3) is 0. The van der Waals surface area contributed by atoms with E-state index in [-0.39, 0.29) is 56.8 Å². The molecule has 1 nitrogen and oxygen atoms in total. The van der Waals surface area contributed by atoms with E-state index in [1.54, 1.807) is 42.5 Å². The van der Waals surface area contributed by atoms with Gasteiger partial charge in [-0.25, -0.2) is 0 Å². The first-order valence-electron chi connectivity index (χ1n) is 22.1. The molecule has 0 amide bonds. The predicted molar refractivity (Wildman–Crippen MR) is 190 cm³/mol. The summed E-state index contributed by atoms with van der Waals surface area (Å²) in [4.78, 5) is 0. The van der Waals surface area contributed by atoms with E-state index in [9.17, 15) is 4.11 Å². The Balaban J connectivity index is 1.38. The van der Waals surface area contributed by atoms with Crippen molar-refractivity contribution in [2.45, 2.75) is 0 Å². The maximum atomic E-state index is 9.78. The molecule has 210 valence electrons. The van der Waals surface area contributed by atoms with Crippen molar-refractivity contribution in [1.82, 2.24) is 0 Å². The minimum Gasteiger partial charge on any atom is -0.455 e. The molecule has 0 aliphatic carbocycles. The fourth-order valence-corrected chi connectivity index (χ4v) is 6.03. The molecule has 9 rings (SSSR count). The van der Waals surface area contributed by atoms with Crippen LogP contribution in [-0.2, 0) is 0 Å². The van der Waals surface area contributed by atoms with Gasteiger partial charge >= 0.3 is 0 Å². The van der Waals surface area contributed by atoms with Crippen molar-refractivity contribution in [1.29, 1.82) is 0 Å². The number of para-hydroxylation sites is 1. The van der Waals surface area contributed by atoms with Gasteiger partial charge in [0.25, 0.3) is 0 Å². The summed E-state index contributed by atoms with van der Waals surface area (Å²) in [5, 5.41) is 2.15. The van der Waals surface area contributed by atoms with Crippen LogP contribution in [0.25, 0.3) is 88.0 Å². The molecule has 0 saturated carbocycles. The van der Waals surface area contributed by atoms with E-state index >= 15 is 0 Å². The van der Waals surface area contributed by atoms with Gasteiger partial charge in [0.05, 0.1) is 21.9 Å². The number of benzene rings is 8. The minimum atomic E-state index is -0.692. The summed E-state index contributed by atoms with van der Waals surface area (Å²) in [5.74, 6) is 0. The van der Waals surface area contributed by atoms with E-state index in [0.29, 0.717) is 43.8 Å². The van der Waals surface area contributed by atoms with Gasteiger partial charge in [0.2, 0.25) is 0 Å². The SMILES string of the molecule is [2H]c1c([2H])c([2H])c(-c2cccc(-c3c4ccccc4c(-c4c([2H])c([2H])c5oc6c(-c7c([2H])c([2H])c([2H])c([2H])c7[2H])c([2H])c([2H])c([2H])c6c5c4[2H])c4ccccc34)c2)c([2H])c1[2H]. The van der Waals surface area contributed by atoms with Crippen LogP contribution in [0.15, 0.2) is 174 Å². The van der Waals surface area contributed by atoms with E-state index in [4.69, 9.17) is 22.2 Å². The standard InChI is InChI=1S/C44H28O/c1-3-13-29(14-4-1)31-17-11-18-32(27-31)42-35-19-7-9-21-37(35)43(38-22-10-8-20-36(38)42)33-25-26-41-40(28-33)39-24-12-23-34(44(39)45-41)30-15-5-2-6-16-30/h1-28H/i1D,2D,3D,4D,5D,6D,12D,13D,14D,15D,16D,23D,24D,25D,26D,28D. The lowest BCUT2D eigenvalue weighted by Gasteiger charge is -2.18. The molecule has 1 aromatic heterocycles. The highest BCUT2D eigenvalue weighted by molar-refractivity contribution is 6.22. The molecule has 0 spiro atoms. The van der Waals surface area contributed by atoms with Gasteiger partial charge < -0.3 is 4.42 Å². The van der Waals surface area contributed by atoms with E-state index in [2.05, 4.69) is 0 Å². The van der Waals surface area contributed by atoms with Gasteiger partial charge in [-0.2, -0.15) is 0 Å². The Morgan fingerprint density at radius 2 is 1.00 bits per heavy atom. The fourth-order valence-electron chi connectivity index (χ4n) is 6.03. The molecule has 45 heavy (non-hydrogen) atoms. The number of furan rings is 1. The predicted octanol–water partition coefficient (Wildman–Crippen LogP) is 12.6. The molecular weight excluding hydrogens is 544 g/mol. The Morgan fingerprint density at radius 3 is 1.67 bits per heavy atom. The highest BCUT2D eigenvalue weighted by Crippen LogP contribution is 2.45. The third-order valence-corrected chi connectivity index (χ3v) is 7.93. The molecule has 1 heterocycles. The van der Waals surface area contributed by atoms with Gasteiger partial charge in [-0.15, -0.1) is 0 Å². The average molecular weight is 589 g/mol. The average Bonchev–Trinajstić information content (AvgIpc) is 3.67. The van der Waals surface area contributed by atoms with E-state index in [0.717, 1.165) is 0 Å². The Hall–Kier alpha value is -5.92. The lowest BCUT2D eigenvalue weighted by Crippen LogP contribution is -1.91. The third-order valence-electron chi connectivity index (χ3n) is 7.93. The van der Waals surface area contributed by atoms with Crippen molar-refractivity contribution in [3.63, 3.8) is 0 Å². The van der Waals surface area contributed by atoms with Gasteiger partial charge in [0.1, 0.15) is 11.2 Å². The molecule has 9 aromatic rings. The first-order chi connectivity index (χ1) is 29.0. The topological polar surface area (TPSA) is 13.1 Å². The van der Waals surface area contributed by atoms with E-state index < -0.39 is 84.1 Å². The highest BCUT2D eigenvalue weighted by Gasteiger charge is 2.19. The number of fused-ring (bicyclic) bond motifs is 5. The van der Waals surface area contributed by atoms with Crippen LogP contribution in [0.4, 0.5) is 0 Å². The van der Waals surface area contributed by atoms with Crippen LogP contribution >= 0.6 is 0 Å². The second-order valence-corrected chi connectivity index (χ2v) is 10.4. The van der Waals surface area contributed by atoms with Crippen LogP contribution in [0.3, 0.4) is 0 Å². The Bertz CT molecular complexity index is 3330. The summed E-state index contributed by atoms with van der Waals surface area (Å²) in [5.41, 5.74) is 0.725. The Kier molecular flexibility index (Phi) is 3.28. The first-order valence-corrected chi connectivity index (χ1v) is 14.1. The third kappa shape index (κ3) is 4.17. The molecule has 0 saturated heterocycles. The second kappa shape index (κ2) is 10.4. The molecule has 0 aliphatic heterocycles. The Morgan fingerprint density at radius 1 is 0.400 bits per heavy atom. The zero-order valence-electron chi connectivity index (χ0n) is 39.3. The summed E-state index contributed by atoms with van der Waals surface area (Å²) in [7, 11) is 0. The van der Waals surface area contributed by atoms with Gasteiger partial charge in [-0.05, 0) is 78.6 Å². The van der Waals surface area contributed by atoms with Crippen LogP contribution in [0.2, 0.25) is 0 Å². The summed E-state index contributed by atoms with van der Waals surface area (Å²) in [6.45, 7) is 0. The quantitative estimate of drug-likeness (QED) is 0.186. The van der Waals surface area contributed by atoms with Crippen molar-refractivity contribution >= 4 is 43.5 Å². The van der Waals surface area contributed by atoms with Crippen LogP contribution in [0.5, 0.6) is 0 Å². The molecule has 1 heteroatoms. The van der Waals surface area contributed by atoms with Crippen LogP contribution in [0, 0.1) is 0 Å². The molecular formula is C44H28O. The molecule has 0 aliphatic rings. The molecule has 8 aromatic carbocycles. The van der Waals surface area contributed by atoms with Crippen LogP contribution < -0.4 is 0 Å². The monoisotopic (exact) mass is 588 g/mol. The summed E-state index contributed by atoms with van der Waals surface area (Å²) in [6, 6.07) is 12.9. The molecule has 0 atom stereocenters. The molecule has 0 radical (unpaired) electrons. The molecule has 0 bridgehead atoms. The van der Waals surface area contributed by atoms with Crippen molar-refractivity contribution in [3.8, 4) is 44.5 Å². The van der Waals surface area contributed by atoms with E-state index in [1.165, 1.54) is 0 Å². The summed E-state index contributed by atoms with van der Waals surface area (Å²) < 4.78 is 145. The maximum absolute atomic E-state index is 9.78. The summed E-state index contributed by atoms with van der Waals surface area (Å²) >= 11 is 0. The Labute approximate surface area is 284 Å². The van der Waals surface area contributed by atoms with E-state index in [1.807, 2.05) is 30.3 Å². The number of hydrogen-bond donors (Lipinski definition) is 0. The lowest BCUT2D eigenvalue weighted by atomic mass is 9.85. The minimum absolute atomic E-state index is 0.00253. The number of rotatable bonds is 4. The normalized spacial score (nSPS) is 16.5. The summed E-state index contributed by atoms with van der Waals surface area (Å²) in [6.07, 6.45) is 0. The van der Waals surface area contributed by atoms with Crippen LogP contribution in [-0.4, -0.2) is 0 Å². The zero-order valence-corrected chi connectivity index (χ0v) is 23.3. The smallest absolute Gasteiger partial charge is 0.143 e. The highest BCUT2D eigenvalue weighted by atomic mass is 16.3. The van der Waals surface area contributed by atoms with Crippen molar-refractivity contribution in [2.24, 2.45) is 0 Å². The number of hydrogen-bond acceptors (Lipinski definition) is 1. The van der Waals surface area contributed by atoms with Crippen molar-refractivity contribution < 1.29 is 26.3 Å². The lowest BCUT2D eigenvalue weighted by molar-refractivity contribution is 0.670. The zero-order chi connectivity index (χ0) is 43.7. The molecule has 0 fully saturated rings. The largest absolute Gasteiger partial charge is 0.455 e. The van der Waals surface area contributed by atoms with Gasteiger partial charge in [-0.3, -0.25) is 0 Å². The van der Waals surface area contributed by atoms with Crippen molar-refractivity contribution in [3.05, 3.63) is 169 Å². The molecule has 0 N–H and O–H groups in total. The van der Waals surface area contributed by atoms with Crippen molar-refractivity contribution in [2.75, 3.05) is 0 Å². The first kappa shape index (κ1) is 14.2. The molecule has 0 unspecified atom stereocenters.